The van der Waals surface area contributed by atoms with Gasteiger partial charge in [0, 0.05) is 12.6 Å². The zero-order valence-corrected chi connectivity index (χ0v) is 12.8. The van der Waals surface area contributed by atoms with E-state index in [2.05, 4.69) is 10.3 Å². The number of thiazole rings is 1. The molecule has 0 unspecified atom stereocenters. The lowest BCUT2D eigenvalue weighted by Crippen LogP contribution is -2.34. The Labute approximate surface area is 116 Å². The predicted octanol–water partition coefficient (Wildman–Crippen LogP) is 0.994. The normalized spacial score (nSPS) is 15.5. The number of aryl methyl sites for hydroxylation is 1. The number of hydrogen-bond acceptors (Lipinski definition) is 5. The lowest BCUT2D eigenvalue weighted by molar-refractivity contribution is 0.0943. The van der Waals surface area contributed by atoms with Crippen LogP contribution >= 0.6 is 11.3 Å². The molecule has 0 radical (unpaired) electrons. The van der Waals surface area contributed by atoms with Crippen molar-refractivity contribution in [2.24, 2.45) is 0 Å². The Morgan fingerprint density at radius 3 is 2.74 bits per heavy atom. The lowest BCUT2D eigenvalue weighted by Gasteiger charge is -2.24. The molecular formula is C11H17N3O3S2. The minimum absolute atomic E-state index is 0.0273. The van der Waals surface area contributed by atoms with Gasteiger partial charge in [0.15, 0.2) is 10.8 Å². The van der Waals surface area contributed by atoms with Crippen LogP contribution in [0.3, 0.4) is 0 Å². The van der Waals surface area contributed by atoms with Crippen molar-refractivity contribution in [1.29, 1.82) is 0 Å². The van der Waals surface area contributed by atoms with Gasteiger partial charge in [-0.3, -0.25) is 9.10 Å². The monoisotopic (exact) mass is 303 g/mol. The van der Waals surface area contributed by atoms with Crippen molar-refractivity contribution >= 4 is 33.1 Å². The van der Waals surface area contributed by atoms with Crippen LogP contribution in [0.2, 0.25) is 0 Å². The van der Waals surface area contributed by atoms with Gasteiger partial charge in [-0.05, 0) is 26.7 Å². The molecule has 19 heavy (non-hydrogen) atoms. The standard InChI is InChI=1S/C11H17N3O3S2/c1-7(2)12-10(15)11-13-9-8(18-11)5-4-6-14(9)19(3,16)17/h7H,4-6H2,1-3H3,(H,12,15). The van der Waals surface area contributed by atoms with Crippen molar-refractivity contribution in [3.63, 3.8) is 0 Å². The fourth-order valence-electron chi connectivity index (χ4n) is 1.93. The molecule has 6 nitrogen and oxygen atoms in total. The van der Waals surface area contributed by atoms with Gasteiger partial charge in [-0.1, -0.05) is 0 Å². The highest BCUT2D eigenvalue weighted by molar-refractivity contribution is 7.92. The zero-order valence-electron chi connectivity index (χ0n) is 11.1. The van der Waals surface area contributed by atoms with E-state index in [0.29, 0.717) is 17.4 Å². The van der Waals surface area contributed by atoms with Crippen LogP contribution in [0.1, 0.15) is 34.9 Å². The number of fused-ring (bicyclic) bond motifs is 1. The number of anilines is 1. The topological polar surface area (TPSA) is 79.4 Å². The molecule has 0 aliphatic carbocycles. The maximum absolute atomic E-state index is 11.9. The summed E-state index contributed by atoms with van der Waals surface area (Å²) in [6, 6.07) is 0.0273. The molecule has 2 rings (SSSR count). The Hall–Kier alpha value is -1.15. The first-order valence-electron chi connectivity index (χ1n) is 6.07. The zero-order chi connectivity index (χ0) is 14.2. The van der Waals surface area contributed by atoms with E-state index in [-0.39, 0.29) is 11.9 Å². The molecule has 2 heterocycles. The Kier molecular flexibility index (Phi) is 3.82. The summed E-state index contributed by atoms with van der Waals surface area (Å²) in [4.78, 5) is 17.0. The maximum atomic E-state index is 11.9. The van der Waals surface area contributed by atoms with Crippen LogP contribution in [0.4, 0.5) is 5.82 Å². The first-order chi connectivity index (χ1) is 8.79. The highest BCUT2D eigenvalue weighted by Gasteiger charge is 2.29. The van der Waals surface area contributed by atoms with Gasteiger partial charge in [-0.2, -0.15) is 0 Å². The SMILES string of the molecule is CC(C)NC(=O)c1nc2c(s1)CCCN2S(C)(=O)=O. The summed E-state index contributed by atoms with van der Waals surface area (Å²) in [7, 11) is -3.33. The second-order valence-electron chi connectivity index (χ2n) is 4.83. The van der Waals surface area contributed by atoms with Crippen LogP contribution in [0.15, 0.2) is 0 Å². The van der Waals surface area contributed by atoms with Gasteiger partial charge in [0.25, 0.3) is 5.91 Å². The number of sulfonamides is 1. The predicted molar refractivity (Wildman–Crippen MR) is 75.2 cm³/mol. The fourth-order valence-corrected chi connectivity index (χ4v) is 3.93. The van der Waals surface area contributed by atoms with Crippen molar-refractivity contribution in [1.82, 2.24) is 10.3 Å². The number of hydrogen-bond donors (Lipinski definition) is 1. The van der Waals surface area contributed by atoms with Crippen LogP contribution in [0, 0.1) is 0 Å². The number of nitrogens with zero attached hydrogens (tertiary/aromatic N) is 2. The summed E-state index contributed by atoms with van der Waals surface area (Å²) < 4.78 is 24.7. The lowest BCUT2D eigenvalue weighted by atomic mass is 10.2. The summed E-state index contributed by atoms with van der Waals surface area (Å²) >= 11 is 1.28. The average molecular weight is 303 g/mol. The van der Waals surface area contributed by atoms with E-state index < -0.39 is 10.0 Å². The number of carbonyl (C=O) groups excluding carboxylic acids is 1. The Balaban J connectivity index is 2.34. The minimum Gasteiger partial charge on any atom is -0.348 e. The van der Waals surface area contributed by atoms with Gasteiger partial charge in [0.1, 0.15) is 0 Å². The van der Waals surface area contributed by atoms with Crippen molar-refractivity contribution in [2.75, 3.05) is 17.1 Å². The molecule has 1 aromatic heterocycles. The molecule has 0 atom stereocenters. The van der Waals surface area contributed by atoms with Crippen LogP contribution in [-0.4, -0.2) is 38.2 Å². The van der Waals surface area contributed by atoms with Gasteiger partial charge < -0.3 is 5.32 Å². The molecule has 8 heteroatoms. The van der Waals surface area contributed by atoms with Gasteiger partial charge in [0.2, 0.25) is 10.0 Å². The Morgan fingerprint density at radius 2 is 2.16 bits per heavy atom. The maximum Gasteiger partial charge on any atom is 0.280 e. The Bertz CT molecular complexity index is 592. The third-order valence-corrected chi connectivity index (χ3v) is 4.95. The molecule has 106 valence electrons. The molecule has 0 fully saturated rings. The van der Waals surface area contributed by atoms with Gasteiger partial charge in [-0.25, -0.2) is 13.4 Å². The van der Waals surface area contributed by atoms with E-state index in [4.69, 9.17) is 0 Å². The summed E-state index contributed by atoms with van der Waals surface area (Å²) in [5.41, 5.74) is 0. The van der Waals surface area contributed by atoms with E-state index in [9.17, 15) is 13.2 Å². The van der Waals surface area contributed by atoms with Crippen LogP contribution < -0.4 is 9.62 Å². The van der Waals surface area contributed by atoms with Crippen LogP contribution in [0.5, 0.6) is 0 Å². The molecule has 1 aliphatic rings. The number of amides is 1. The number of rotatable bonds is 3. The first-order valence-corrected chi connectivity index (χ1v) is 8.74. The summed E-state index contributed by atoms with van der Waals surface area (Å²) in [6.07, 6.45) is 2.69. The largest absolute Gasteiger partial charge is 0.348 e. The van der Waals surface area contributed by atoms with E-state index in [1.54, 1.807) is 0 Å². The Morgan fingerprint density at radius 1 is 1.47 bits per heavy atom. The van der Waals surface area contributed by atoms with E-state index >= 15 is 0 Å². The highest BCUT2D eigenvalue weighted by atomic mass is 32.2. The van der Waals surface area contributed by atoms with Gasteiger partial charge in [-0.15, -0.1) is 11.3 Å². The van der Waals surface area contributed by atoms with Crippen molar-refractivity contribution in [2.45, 2.75) is 32.7 Å². The van der Waals surface area contributed by atoms with Crippen molar-refractivity contribution in [3.8, 4) is 0 Å². The van der Waals surface area contributed by atoms with Crippen LogP contribution in [0.25, 0.3) is 0 Å². The van der Waals surface area contributed by atoms with E-state index in [1.807, 2.05) is 13.8 Å². The first kappa shape index (κ1) is 14.3. The molecule has 0 saturated carbocycles. The number of nitrogens with one attached hydrogen (secondary N) is 1. The molecule has 1 amide bonds. The quantitative estimate of drug-likeness (QED) is 0.903. The average Bonchev–Trinajstić information content (AvgIpc) is 2.69. The molecule has 1 aromatic rings. The fraction of sp³-hybridized carbons (Fsp3) is 0.636. The molecule has 0 bridgehead atoms. The third-order valence-electron chi connectivity index (χ3n) is 2.69. The smallest absolute Gasteiger partial charge is 0.280 e. The van der Waals surface area contributed by atoms with Crippen LogP contribution in [-0.2, 0) is 16.4 Å². The third kappa shape index (κ3) is 3.06. The number of carbonyl (C=O) groups is 1. The summed E-state index contributed by atoms with van der Waals surface area (Å²) in [6.45, 7) is 4.17. The molecule has 1 N–H and O–H groups in total. The van der Waals surface area contributed by atoms with E-state index in [0.717, 1.165) is 24.0 Å². The van der Waals surface area contributed by atoms with Crippen molar-refractivity contribution < 1.29 is 13.2 Å². The molecular weight excluding hydrogens is 286 g/mol. The molecule has 1 aliphatic heterocycles. The molecule has 0 aromatic carbocycles. The van der Waals surface area contributed by atoms with Gasteiger partial charge in [0.05, 0.1) is 11.1 Å². The second-order valence-corrected chi connectivity index (χ2v) is 7.82. The van der Waals surface area contributed by atoms with Crippen molar-refractivity contribution in [3.05, 3.63) is 9.88 Å². The minimum atomic E-state index is -3.33. The summed E-state index contributed by atoms with van der Waals surface area (Å²) in [5, 5.41) is 3.09. The molecule has 0 spiro atoms. The van der Waals surface area contributed by atoms with Gasteiger partial charge >= 0.3 is 0 Å². The number of aromatic nitrogens is 1. The second kappa shape index (κ2) is 5.09. The summed E-state index contributed by atoms with van der Waals surface area (Å²) in [5.74, 6) is 0.176. The molecule has 0 saturated heterocycles. The van der Waals surface area contributed by atoms with E-state index in [1.165, 1.54) is 15.6 Å². The highest BCUT2D eigenvalue weighted by Crippen LogP contribution is 2.33.